The van der Waals surface area contributed by atoms with E-state index in [9.17, 15) is 0 Å². The minimum atomic E-state index is -0.492. The number of hydrogen-bond donors (Lipinski definition) is 0. The summed E-state index contributed by atoms with van der Waals surface area (Å²) in [6, 6.07) is 64.2. The zero-order valence-electron chi connectivity index (χ0n) is 25.6. The van der Waals surface area contributed by atoms with Crippen molar-refractivity contribution < 1.29 is 9.47 Å². The Morgan fingerprint density at radius 3 is 1.15 bits per heavy atom. The van der Waals surface area contributed by atoms with Crippen LogP contribution >= 0.6 is 0 Å². The molecular formula is C45H30O2. The molecule has 8 aromatic carbocycles. The molecule has 0 heterocycles. The Morgan fingerprint density at radius 1 is 0.298 bits per heavy atom. The Kier molecular flexibility index (Phi) is 6.39. The highest BCUT2D eigenvalue weighted by Gasteiger charge is 2.46. The molecule has 0 fully saturated rings. The van der Waals surface area contributed by atoms with Crippen molar-refractivity contribution in [1.29, 1.82) is 0 Å². The highest BCUT2D eigenvalue weighted by atomic mass is 16.5. The predicted molar refractivity (Wildman–Crippen MR) is 192 cm³/mol. The van der Waals surface area contributed by atoms with Crippen molar-refractivity contribution >= 4 is 21.5 Å². The molecule has 0 saturated heterocycles. The number of para-hydroxylation sites is 2. The van der Waals surface area contributed by atoms with Gasteiger partial charge >= 0.3 is 0 Å². The van der Waals surface area contributed by atoms with E-state index in [4.69, 9.17) is 9.47 Å². The van der Waals surface area contributed by atoms with Gasteiger partial charge in [0.15, 0.2) is 0 Å². The van der Waals surface area contributed by atoms with Gasteiger partial charge in [-0.2, -0.15) is 0 Å². The van der Waals surface area contributed by atoms with Gasteiger partial charge in [0, 0.05) is 0 Å². The number of benzene rings is 8. The third kappa shape index (κ3) is 4.57. The molecule has 2 heteroatoms. The molecule has 8 aromatic rings. The van der Waals surface area contributed by atoms with E-state index in [1.807, 2.05) is 60.7 Å². The zero-order valence-corrected chi connectivity index (χ0v) is 25.6. The lowest BCUT2D eigenvalue weighted by molar-refractivity contribution is 0.483. The minimum Gasteiger partial charge on any atom is -0.457 e. The zero-order chi connectivity index (χ0) is 31.2. The summed E-state index contributed by atoms with van der Waals surface area (Å²) in [4.78, 5) is 0. The Balaban J connectivity index is 1.21. The summed E-state index contributed by atoms with van der Waals surface area (Å²) in [6.07, 6.45) is 0. The SMILES string of the molecule is c1ccc(Oc2ccc3cc(C4(c5ccc6cc(Oc7ccccc7)ccc6c5)c5ccccc5-c5ccccc54)ccc3c2)cc1. The molecule has 0 spiro atoms. The Bertz CT molecular complexity index is 2240. The van der Waals surface area contributed by atoms with Crippen molar-refractivity contribution in [2.45, 2.75) is 5.41 Å². The molecule has 0 bridgehead atoms. The summed E-state index contributed by atoms with van der Waals surface area (Å²) in [6.45, 7) is 0. The van der Waals surface area contributed by atoms with Crippen LogP contribution in [0.2, 0.25) is 0 Å². The van der Waals surface area contributed by atoms with Crippen LogP contribution < -0.4 is 9.47 Å². The van der Waals surface area contributed by atoms with Gasteiger partial charge in [-0.25, -0.2) is 0 Å². The van der Waals surface area contributed by atoms with E-state index in [1.165, 1.54) is 44.2 Å². The van der Waals surface area contributed by atoms with Gasteiger partial charge in [-0.1, -0.05) is 121 Å². The van der Waals surface area contributed by atoms with Gasteiger partial charge in [0.2, 0.25) is 0 Å². The van der Waals surface area contributed by atoms with Crippen molar-refractivity contribution in [3.05, 3.63) is 204 Å². The fourth-order valence-corrected chi connectivity index (χ4v) is 7.31. The van der Waals surface area contributed by atoms with Crippen LogP contribution in [0.1, 0.15) is 22.3 Å². The van der Waals surface area contributed by atoms with Gasteiger partial charge in [0.05, 0.1) is 5.41 Å². The topological polar surface area (TPSA) is 18.5 Å². The van der Waals surface area contributed by atoms with Gasteiger partial charge in [0.25, 0.3) is 0 Å². The third-order valence-corrected chi connectivity index (χ3v) is 9.40. The van der Waals surface area contributed by atoms with Crippen LogP contribution in [-0.4, -0.2) is 0 Å². The molecule has 0 aromatic heterocycles. The highest BCUT2D eigenvalue weighted by Crippen LogP contribution is 2.56. The first-order chi connectivity index (χ1) is 23.3. The van der Waals surface area contributed by atoms with Crippen molar-refractivity contribution in [2.75, 3.05) is 0 Å². The molecule has 47 heavy (non-hydrogen) atoms. The van der Waals surface area contributed by atoms with E-state index in [0.717, 1.165) is 33.8 Å². The van der Waals surface area contributed by atoms with E-state index in [2.05, 4.69) is 121 Å². The van der Waals surface area contributed by atoms with E-state index < -0.39 is 5.41 Å². The van der Waals surface area contributed by atoms with E-state index in [1.54, 1.807) is 0 Å². The van der Waals surface area contributed by atoms with Crippen LogP contribution in [0.5, 0.6) is 23.0 Å². The fraction of sp³-hybridized carbons (Fsp3) is 0.0222. The maximum Gasteiger partial charge on any atom is 0.128 e. The second-order valence-corrected chi connectivity index (χ2v) is 12.1. The molecule has 222 valence electrons. The molecule has 0 saturated carbocycles. The van der Waals surface area contributed by atoms with Gasteiger partial charge in [-0.05, 0) is 116 Å². The van der Waals surface area contributed by atoms with Gasteiger partial charge in [-0.3, -0.25) is 0 Å². The van der Waals surface area contributed by atoms with Crippen LogP contribution in [0, 0.1) is 0 Å². The summed E-state index contributed by atoms with van der Waals surface area (Å²) in [5, 5.41) is 4.63. The van der Waals surface area contributed by atoms with Crippen LogP contribution in [0.4, 0.5) is 0 Å². The smallest absolute Gasteiger partial charge is 0.128 e. The lowest BCUT2D eigenvalue weighted by Gasteiger charge is -2.34. The molecule has 1 aliphatic rings. The highest BCUT2D eigenvalue weighted by molar-refractivity contribution is 5.92. The molecule has 9 rings (SSSR count). The molecule has 0 aliphatic heterocycles. The van der Waals surface area contributed by atoms with Crippen LogP contribution in [0.3, 0.4) is 0 Å². The van der Waals surface area contributed by atoms with Crippen LogP contribution in [0.25, 0.3) is 32.7 Å². The quantitative estimate of drug-likeness (QED) is 0.188. The maximum absolute atomic E-state index is 6.17. The summed E-state index contributed by atoms with van der Waals surface area (Å²) >= 11 is 0. The molecule has 2 nitrogen and oxygen atoms in total. The molecule has 0 atom stereocenters. The summed E-state index contributed by atoms with van der Waals surface area (Å²) in [5.41, 5.74) is 7.14. The summed E-state index contributed by atoms with van der Waals surface area (Å²) in [5.74, 6) is 3.31. The second kappa shape index (κ2) is 11.0. The number of ether oxygens (including phenoxy) is 2. The number of rotatable bonds is 6. The maximum atomic E-state index is 6.17. The standard InChI is InChI=1S/C45H30O2/c1-3-11-37(12-4-1)46-39-25-21-31-27-35(23-19-33(31)29-39)45(43-17-9-7-15-41(43)42-16-8-10-18-44(42)45)36-24-20-34-30-40(26-22-32(34)28-36)47-38-13-5-2-6-14-38/h1-30H. The predicted octanol–water partition coefficient (Wildman–Crippen LogP) is 11.9. The largest absolute Gasteiger partial charge is 0.457 e. The normalized spacial score (nSPS) is 12.9. The van der Waals surface area contributed by atoms with E-state index in [-0.39, 0.29) is 0 Å². The van der Waals surface area contributed by atoms with E-state index in [0.29, 0.717) is 0 Å². The fourth-order valence-electron chi connectivity index (χ4n) is 7.31. The molecular weight excluding hydrogens is 572 g/mol. The van der Waals surface area contributed by atoms with Crippen LogP contribution in [-0.2, 0) is 5.41 Å². The monoisotopic (exact) mass is 602 g/mol. The van der Waals surface area contributed by atoms with Crippen molar-refractivity contribution in [2.24, 2.45) is 0 Å². The molecule has 1 aliphatic carbocycles. The Labute approximate surface area is 274 Å². The number of hydrogen-bond acceptors (Lipinski definition) is 2. The number of fused-ring (bicyclic) bond motifs is 5. The molecule has 0 amide bonds. The Hall–Kier alpha value is -6.12. The first kappa shape index (κ1) is 27.2. The van der Waals surface area contributed by atoms with Gasteiger partial charge < -0.3 is 9.47 Å². The molecule has 0 unspecified atom stereocenters. The minimum absolute atomic E-state index is 0.492. The summed E-state index contributed by atoms with van der Waals surface area (Å²) in [7, 11) is 0. The van der Waals surface area contributed by atoms with Gasteiger partial charge in [0.1, 0.15) is 23.0 Å². The Morgan fingerprint density at radius 2 is 0.681 bits per heavy atom. The lowest BCUT2D eigenvalue weighted by Crippen LogP contribution is -2.28. The second-order valence-electron chi connectivity index (χ2n) is 12.1. The van der Waals surface area contributed by atoms with Crippen LogP contribution in [0.15, 0.2) is 182 Å². The third-order valence-electron chi connectivity index (χ3n) is 9.40. The lowest BCUT2D eigenvalue weighted by atomic mass is 9.67. The van der Waals surface area contributed by atoms with E-state index >= 15 is 0 Å². The first-order valence-corrected chi connectivity index (χ1v) is 16.0. The molecule has 0 N–H and O–H groups in total. The van der Waals surface area contributed by atoms with Crippen molar-refractivity contribution in [1.82, 2.24) is 0 Å². The molecule has 0 radical (unpaired) electrons. The first-order valence-electron chi connectivity index (χ1n) is 16.0. The van der Waals surface area contributed by atoms with Crippen molar-refractivity contribution in [3.63, 3.8) is 0 Å². The summed E-state index contributed by atoms with van der Waals surface area (Å²) < 4.78 is 12.3. The average Bonchev–Trinajstić information content (AvgIpc) is 3.43. The average molecular weight is 603 g/mol. The van der Waals surface area contributed by atoms with Crippen molar-refractivity contribution in [3.8, 4) is 34.1 Å². The van der Waals surface area contributed by atoms with Gasteiger partial charge in [-0.15, -0.1) is 0 Å².